The molecule has 114 valence electrons. The summed E-state index contributed by atoms with van der Waals surface area (Å²) in [6.07, 6.45) is 0.864. The molecule has 1 amide bonds. The van der Waals surface area contributed by atoms with Gasteiger partial charge >= 0.3 is 0 Å². The molecule has 0 unspecified atom stereocenters. The Labute approximate surface area is 132 Å². The van der Waals surface area contributed by atoms with E-state index < -0.39 is 5.41 Å². The van der Waals surface area contributed by atoms with E-state index >= 15 is 0 Å². The molecule has 1 heterocycles. The first-order valence-corrected chi connectivity index (χ1v) is 7.89. The monoisotopic (exact) mass is 293 g/mol. The second-order valence-corrected chi connectivity index (χ2v) is 6.65. The van der Waals surface area contributed by atoms with Crippen LogP contribution < -0.4 is 4.90 Å². The largest absolute Gasteiger partial charge is 0.311 e. The van der Waals surface area contributed by atoms with E-state index in [0.717, 1.165) is 24.2 Å². The van der Waals surface area contributed by atoms with Crippen molar-refractivity contribution in [1.82, 2.24) is 0 Å². The molecule has 2 aromatic rings. The van der Waals surface area contributed by atoms with Gasteiger partial charge in [0.2, 0.25) is 5.91 Å². The molecule has 0 aromatic heterocycles. The summed E-state index contributed by atoms with van der Waals surface area (Å²) < 4.78 is 0. The Morgan fingerprint density at radius 3 is 2.18 bits per heavy atom. The average Bonchev–Trinajstić information content (AvgIpc) is 2.77. The third-order valence-corrected chi connectivity index (χ3v) is 4.87. The second-order valence-electron chi connectivity index (χ2n) is 6.65. The molecule has 1 atom stereocenters. The van der Waals surface area contributed by atoms with Crippen LogP contribution in [0.3, 0.4) is 0 Å². The Hall–Kier alpha value is -2.09. The van der Waals surface area contributed by atoms with Crippen LogP contribution in [0.25, 0.3) is 0 Å². The Morgan fingerprint density at radius 2 is 1.59 bits per heavy atom. The molecule has 2 heteroatoms. The zero-order valence-corrected chi connectivity index (χ0v) is 13.8. The van der Waals surface area contributed by atoms with Crippen molar-refractivity contribution in [3.05, 3.63) is 64.7 Å². The van der Waals surface area contributed by atoms with Crippen LogP contribution in [-0.2, 0) is 10.2 Å². The lowest BCUT2D eigenvalue weighted by molar-refractivity contribution is -0.121. The first-order valence-electron chi connectivity index (χ1n) is 7.89. The van der Waals surface area contributed by atoms with Gasteiger partial charge in [-0.05, 0) is 50.8 Å². The van der Waals surface area contributed by atoms with Gasteiger partial charge in [-0.1, -0.05) is 48.0 Å². The van der Waals surface area contributed by atoms with Crippen molar-refractivity contribution in [3.8, 4) is 0 Å². The van der Waals surface area contributed by atoms with Crippen LogP contribution in [0.2, 0.25) is 0 Å². The highest BCUT2D eigenvalue weighted by Gasteiger charge is 2.45. The quantitative estimate of drug-likeness (QED) is 0.808. The van der Waals surface area contributed by atoms with Crippen LogP contribution >= 0.6 is 0 Å². The molecule has 0 N–H and O–H groups in total. The Bertz CT molecular complexity index is 697. The molecule has 0 radical (unpaired) electrons. The number of rotatable bonds is 2. The molecule has 2 aromatic carbocycles. The standard InChI is InChI=1S/C20H23NO/c1-14-12-15(2)18(16(3)13-14)21-11-10-20(4,19(21)22)17-8-6-5-7-9-17/h5-9,12-13H,10-11H2,1-4H3/t20-/m0/s1. The highest BCUT2D eigenvalue weighted by atomic mass is 16.2. The summed E-state index contributed by atoms with van der Waals surface area (Å²) in [6, 6.07) is 14.5. The molecule has 3 rings (SSSR count). The molecule has 1 saturated heterocycles. The third kappa shape index (κ3) is 2.23. The van der Waals surface area contributed by atoms with Gasteiger partial charge in [0.1, 0.15) is 0 Å². The van der Waals surface area contributed by atoms with E-state index in [0.29, 0.717) is 0 Å². The van der Waals surface area contributed by atoms with Gasteiger partial charge in [0, 0.05) is 12.2 Å². The van der Waals surface area contributed by atoms with E-state index in [2.05, 4.69) is 52.0 Å². The molecule has 1 aliphatic heterocycles. The van der Waals surface area contributed by atoms with Gasteiger partial charge in [0.15, 0.2) is 0 Å². The van der Waals surface area contributed by atoms with E-state index in [4.69, 9.17) is 0 Å². The predicted molar refractivity (Wildman–Crippen MR) is 91.4 cm³/mol. The number of hydrogen-bond donors (Lipinski definition) is 0. The summed E-state index contributed by atoms with van der Waals surface area (Å²) in [7, 11) is 0. The fourth-order valence-electron chi connectivity index (χ4n) is 3.73. The fourth-order valence-corrected chi connectivity index (χ4v) is 3.73. The minimum absolute atomic E-state index is 0.216. The molecular weight excluding hydrogens is 270 g/mol. The molecular formula is C20H23NO. The first kappa shape index (κ1) is 14.8. The summed E-state index contributed by atoms with van der Waals surface area (Å²) in [5.41, 5.74) is 5.41. The van der Waals surface area contributed by atoms with Crippen molar-refractivity contribution in [2.75, 3.05) is 11.4 Å². The van der Waals surface area contributed by atoms with Crippen LogP contribution in [0.15, 0.2) is 42.5 Å². The van der Waals surface area contributed by atoms with Gasteiger partial charge in [-0.2, -0.15) is 0 Å². The maximum absolute atomic E-state index is 13.1. The number of anilines is 1. The Kier molecular flexibility index (Phi) is 3.56. The lowest BCUT2D eigenvalue weighted by atomic mass is 9.81. The fraction of sp³-hybridized carbons (Fsp3) is 0.350. The molecule has 1 fully saturated rings. The molecule has 0 aliphatic carbocycles. The summed E-state index contributed by atoms with van der Waals surface area (Å²) in [5, 5.41) is 0. The molecule has 1 aliphatic rings. The van der Waals surface area contributed by atoms with Crippen molar-refractivity contribution in [1.29, 1.82) is 0 Å². The topological polar surface area (TPSA) is 20.3 Å². The highest BCUT2D eigenvalue weighted by Crippen LogP contribution is 2.39. The van der Waals surface area contributed by atoms with Crippen LogP contribution in [-0.4, -0.2) is 12.5 Å². The predicted octanol–water partition coefficient (Wildman–Crippen LogP) is 4.31. The van der Waals surface area contributed by atoms with Gasteiger partial charge in [0.25, 0.3) is 0 Å². The zero-order valence-electron chi connectivity index (χ0n) is 13.8. The van der Waals surface area contributed by atoms with E-state index in [1.807, 2.05) is 23.1 Å². The number of nitrogens with zero attached hydrogens (tertiary/aromatic N) is 1. The third-order valence-electron chi connectivity index (χ3n) is 4.87. The minimum atomic E-state index is -0.412. The summed E-state index contributed by atoms with van der Waals surface area (Å²) in [4.78, 5) is 15.1. The van der Waals surface area contributed by atoms with E-state index in [-0.39, 0.29) is 5.91 Å². The second kappa shape index (κ2) is 5.28. The number of carbonyl (C=O) groups excluding carboxylic acids is 1. The molecule has 22 heavy (non-hydrogen) atoms. The number of benzene rings is 2. The Balaban J connectivity index is 2.02. The van der Waals surface area contributed by atoms with Crippen LogP contribution in [0.1, 0.15) is 35.6 Å². The van der Waals surface area contributed by atoms with Crippen molar-refractivity contribution in [2.45, 2.75) is 39.5 Å². The van der Waals surface area contributed by atoms with E-state index in [1.165, 1.54) is 16.7 Å². The highest BCUT2D eigenvalue weighted by molar-refractivity contribution is 6.04. The van der Waals surface area contributed by atoms with Gasteiger partial charge in [0.05, 0.1) is 5.41 Å². The van der Waals surface area contributed by atoms with Crippen LogP contribution in [0, 0.1) is 20.8 Å². The normalized spacial score (nSPS) is 21.5. The maximum Gasteiger partial charge on any atom is 0.237 e. The average molecular weight is 293 g/mol. The van der Waals surface area contributed by atoms with Crippen LogP contribution in [0.4, 0.5) is 5.69 Å². The summed E-state index contributed by atoms with van der Waals surface area (Å²) in [5.74, 6) is 0.216. The smallest absolute Gasteiger partial charge is 0.237 e. The zero-order chi connectivity index (χ0) is 15.9. The van der Waals surface area contributed by atoms with Gasteiger partial charge in [-0.25, -0.2) is 0 Å². The van der Waals surface area contributed by atoms with Gasteiger partial charge in [-0.15, -0.1) is 0 Å². The van der Waals surface area contributed by atoms with E-state index in [9.17, 15) is 4.79 Å². The van der Waals surface area contributed by atoms with Gasteiger partial charge < -0.3 is 4.90 Å². The molecule has 0 saturated carbocycles. The maximum atomic E-state index is 13.1. The Morgan fingerprint density at radius 1 is 1.00 bits per heavy atom. The number of amides is 1. The van der Waals surface area contributed by atoms with Crippen molar-refractivity contribution in [3.63, 3.8) is 0 Å². The lowest BCUT2D eigenvalue weighted by Crippen LogP contribution is -2.36. The SMILES string of the molecule is Cc1cc(C)c(N2CC[C@@](C)(c3ccccc3)C2=O)c(C)c1. The first-order chi connectivity index (χ1) is 10.4. The molecule has 2 nitrogen and oxygen atoms in total. The summed E-state index contributed by atoms with van der Waals surface area (Å²) >= 11 is 0. The molecule has 0 bridgehead atoms. The van der Waals surface area contributed by atoms with Crippen molar-refractivity contribution < 1.29 is 4.79 Å². The number of hydrogen-bond acceptors (Lipinski definition) is 1. The van der Waals surface area contributed by atoms with E-state index in [1.54, 1.807) is 0 Å². The molecule has 0 spiro atoms. The number of aryl methyl sites for hydroxylation is 3. The van der Waals surface area contributed by atoms with Gasteiger partial charge in [-0.3, -0.25) is 4.79 Å². The van der Waals surface area contributed by atoms with Crippen molar-refractivity contribution in [2.24, 2.45) is 0 Å². The minimum Gasteiger partial charge on any atom is -0.311 e. The lowest BCUT2D eigenvalue weighted by Gasteiger charge is -2.26. The number of carbonyl (C=O) groups is 1. The summed E-state index contributed by atoms with van der Waals surface area (Å²) in [6.45, 7) is 9.16. The van der Waals surface area contributed by atoms with Crippen LogP contribution in [0.5, 0.6) is 0 Å². The van der Waals surface area contributed by atoms with Crippen molar-refractivity contribution >= 4 is 11.6 Å².